The number of H-pyrrole nitrogens is 1. The molecule has 5 nitrogen and oxygen atoms in total. The molecular formula is C16H18FN3O2. The third-order valence-corrected chi connectivity index (χ3v) is 3.71. The van der Waals surface area contributed by atoms with Crippen LogP contribution in [0.2, 0.25) is 0 Å². The highest BCUT2D eigenvalue weighted by atomic mass is 19.1. The molecule has 1 amide bonds. The van der Waals surface area contributed by atoms with Crippen LogP contribution in [0.5, 0.6) is 0 Å². The molecule has 1 N–H and O–H groups in total. The van der Waals surface area contributed by atoms with Gasteiger partial charge in [-0.1, -0.05) is 0 Å². The molecule has 1 aromatic heterocycles. The molecule has 1 aromatic carbocycles. The van der Waals surface area contributed by atoms with Crippen LogP contribution in [0.1, 0.15) is 24.2 Å². The van der Waals surface area contributed by atoms with E-state index >= 15 is 0 Å². The summed E-state index contributed by atoms with van der Waals surface area (Å²) in [5, 5.41) is 6.81. The average Bonchev–Trinajstić information content (AvgIpc) is 2.95. The lowest BCUT2D eigenvalue weighted by Gasteiger charge is -2.35. The second kappa shape index (κ2) is 5.88. The van der Waals surface area contributed by atoms with E-state index < -0.39 is 0 Å². The molecule has 1 aliphatic heterocycles. The number of hydrogen-bond donors (Lipinski definition) is 1. The average molecular weight is 303 g/mol. The fourth-order valence-corrected chi connectivity index (χ4v) is 2.80. The summed E-state index contributed by atoms with van der Waals surface area (Å²) in [6.45, 7) is 5.01. The van der Waals surface area contributed by atoms with Gasteiger partial charge in [0, 0.05) is 18.7 Å². The molecule has 2 heterocycles. The number of amides is 1. The highest BCUT2D eigenvalue weighted by Gasteiger charge is 2.28. The molecule has 0 spiro atoms. The van der Waals surface area contributed by atoms with Gasteiger partial charge in [-0.25, -0.2) is 4.39 Å². The van der Waals surface area contributed by atoms with Crippen molar-refractivity contribution in [2.24, 2.45) is 0 Å². The molecule has 6 heteroatoms. The number of ether oxygens (including phenoxy) is 1. The van der Waals surface area contributed by atoms with E-state index in [2.05, 4.69) is 10.2 Å². The number of aromatic amines is 1. The van der Waals surface area contributed by atoms with Crippen molar-refractivity contribution in [1.29, 1.82) is 0 Å². The third kappa shape index (κ3) is 2.87. The van der Waals surface area contributed by atoms with Crippen molar-refractivity contribution >= 4 is 5.91 Å². The molecule has 22 heavy (non-hydrogen) atoms. The van der Waals surface area contributed by atoms with E-state index in [4.69, 9.17) is 4.74 Å². The zero-order valence-electron chi connectivity index (χ0n) is 12.5. The molecule has 1 aliphatic rings. The smallest absolute Gasteiger partial charge is 0.257 e. The van der Waals surface area contributed by atoms with Crippen molar-refractivity contribution in [2.75, 3.05) is 13.1 Å². The Morgan fingerprint density at radius 2 is 1.91 bits per heavy atom. The van der Waals surface area contributed by atoms with Crippen molar-refractivity contribution < 1.29 is 13.9 Å². The quantitative estimate of drug-likeness (QED) is 0.927. The second-order valence-corrected chi connectivity index (χ2v) is 5.63. The topological polar surface area (TPSA) is 58.2 Å². The molecule has 0 saturated carbocycles. The van der Waals surface area contributed by atoms with E-state index in [0.29, 0.717) is 24.3 Å². The highest BCUT2D eigenvalue weighted by molar-refractivity contribution is 5.99. The molecule has 0 unspecified atom stereocenters. The SMILES string of the molecule is C[C@H]1CN(C(=O)c2cn[nH]c2-c2ccc(F)cc2)C[C@H](C)O1. The Bertz CT molecular complexity index is 658. The summed E-state index contributed by atoms with van der Waals surface area (Å²) in [6.07, 6.45) is 1.54. The first-order valence-electron chi connectivity index (χ1n) is 7.28. The molecule has 2 atom stereocenters. The molecule has 0 bridgehead atoms. The van der Waals surface area contributed by atoms with Gasteiger partial charge < -0.3 is 9.64 Å². The van der Waals surface area contributed by atoms with Gasteiger partial charge in [0.2, 0.25) is 0 Å². The van der Waals surface area contributed by atoms with Crippen LogP contribution in [-0.4, -0.2) is 46.3 Å². The first-order valence-corrected chi connectivity index (χ1v) is 7.28. The maximum Gasteiger partial charge on any atom is 0.257 e. The Labute approximate surface area is 128 Å². The van der Waals surface area contributed by atoms with Crippen LogP contribution in [0.3, 0.4) is 0 Å². The van der Waals surface area contributed by atoms with E-state index in [9.17, 15) is 9.18 Å². The number of morpholine rings is 1. The summed E-state index contributed by atoms with van der Waals surface area (Å²) in [4.78, 5) is 14.5. The van der Waals surface area contributed by atoms with Crippen LogP contribution >= 0.6 is 0 Å². The molecule has 2 aromatic rings. The zero-order chi connectivity index (χ0) is 15.7. The zero-order valence-corrected chi connectivity index (χ0v) is 12.5. The lowest BCUT2D eigenvalue weighted by molar-refractivity contribution is -0.0586. The van der Waals surface area contributed by atoms with Crippen molar-refractivity contribution in [3.63, 3.8) is 0 Å². The van der Waals surface area contributed by atoms with Crippen LogP contribution in [-0.2, 0) is 4.74 Å². The van der Waals surface area contributed by atoms with E-state index in [1.807, 2.05) is 13.8 Å². The van der Waals surface area contributed by atoms with E-state index in [-0.39, 0.29) is 23.9 Å². The number of aromatic nitrogens is 2. The normalized spacial score (nSPS) is 21.9. The maximum atomic E-state index is 13.0. The van der Waals surface area contributed by atoms with Crippen LogP contribution < -0.4 is 0 Å². The molecule has 1 fully saturated rings. The van der Waals surface area contributed by atoms with Crippen molar-refractivity contribution in [1.82, 2.24) is 15.1 Å². The lowest BCUT2D eigenvalue weighted by atomic mass is 10.1. The Morgan fingerprint density at radius 3 is 2.55 bits per heavy atom. The van der Waals surface area contributed by atoms with Gasteiger partial charge in [0.05, 0.1) is 29.7 Å². The summed E-state index contributed by atoms with van der Waals surface area (Å²) in [6, 6.07) is 5.99. The summed E-state index contributed by atoms with van der Waals surface area (Å²) in [5.74, 6) is -0.401. The molecule has 1 saturated heterocycles. The van der Waals surface area contributed by atoms with E-state index in [0.717, 1.165) is 5.56 Å². The van der Waals surface area contributed by atoms with E-state index in [1.165, 1.54) is 18.3 Å². The number of carbonyl (C=O) groups excluding carboxylic acids is 1. The summed E-state index contributed by atoms with van der Waals surface area (Å²) in [5.41, 5.74) is 1.83. The lowest BCUT2D eigenvalue weighted by Crippen LogP contribution is -2.48. The maximum absolute atomic E-state index is 13.0. The number of benzene rings is 1. The largest absolute Gasteiger partial charge is 0.372 e. The van der Waals surface area contributed by atoms with Crippen LogP contribution in [0.4, 0.5) is 4.39 Å². The Balaban J connectivity index is 1.88. The van der Waals surface area contributed by atoms with Gasteiger partial charge in [-0.15, -0.1) is 0 Å². The monoisotopic (exact) mass is 303 g/mol. The third-order valence-electron chi connectivity index (χ3n) is 3.71. The molecular weight excluding hydrogens is 285 g/mol. The first-order chi connectivity index (χ1) is 10.5. The Morgan fingerprint density at radius 1 is 1.27 bits per heavy atom. The van der Waals surface area contributed by atoms with Gasteiger partial charge in [0.1, 0.15) is 5.82 Å². The van der Waals surface area contributed by atoms with Gasteiger partial charge >= 0.3 is 0 Å². The number of nitrogens with one attached hydrogen (secondary N) is 1. The number of nitrogens with zero attached hydrogens (tertiary/aromatic N) is 2. The van der Waals surface area contributed by atoms with Crippen LogP contribution in [0.25, 0.3) is 11.3 Å². The Kier molecular flexibility index (Phi) is 3.94. The first kappa shape index (κ1) is 14.7. The number of carbonyl (C=O) groups is 1. The minimum Gasteiger partial charge on any atom is -0.372 e. The molecule has 0 aliphatic carbocycles. The highest BCUT2D eigenvalue weighted by Crippen LogP contribution is 2.24. The standard InChI is InChI=1S/C16H18FN3O2/c1-10-8-20(9-11(2)22-10)16(21)14-7-18-19-15(14)12-3-5-13(17)6-4-12/h3-7,10-11H,8-9H2,1-2H3,(H,18,19)/t10-,11-/m0/s1. The van der Waals surface area contributed by atoms with Crippen molar-refractivity contribution in [2.45, 2.75) is 26.1 Å². The summed E-state index contributed by atoms with van der Waals surface area (Å²) in [7, 11) is 0. The number of rotatable bonds is 2. The minimum atomic E-state index is -0.313. The van der Waals surface area contributed by atoms with Gasteiger partial charge in [0.15, 0.2) is 0 Å². The molecule has 0 radical (unpaired) electrons. The van der Waals surface area contributed by atoms with Gasteiger partial charge in [-0.05, 0) is 38.1 Å². The molecule has 3 rings (SSSR count). The summed E-state index contributed by atoms with van der Waals surface area (Å²) < 4.78 is 18.7. The van der Waals surface area contributed by atoms with Gasteiger partial charge in [-0.2, -0.15) is 5.10 Å². The fourth-order valence-electron chi connectivity index (χ4n) is 2.80. The van der Waals surface area contributed by atoms with Crippen LogP contribution in [0, 0.1) is 5.82 Å². The number of hydrogen-bond acceptors (Lipinski definition) is 3. The van der Waals surface area contributed by atoms with Crippen molar-refractivity contribution in [3.8, 4) is 11.3 Å². The van der Waals surface area contributed by atoms with Gasteiger partial charge in [-0.3, -0.25) is 9.89 Å². The second-order valence-electron chi connectivity index (χ2n) is 5.63. The van der Waals surface area contributed by atoms with E-state index in [1.54, 1.807) is 17.0 Å². The fraction of sp³-hybridized carbons (Fsp3) is 0.375. The Hall–Kier alpha value is -2.21. The van der Waals surface area contributed by atoms with Crippen LogP contribution in [0.15, 0.2) is 30.5 Å². The van der Waals surface area contributed by atoms with Crippen molar-refractivity contribution in [3.05, 3.63) is 41.8 Å². The predicted molar refractivity (Wildman–Crippen MR) is 79.9 cm³/mol. The number of halogens is 1. The summed E-state index contributed by atoms with van der Waals surface area (Å²) >= 11 is 0. The molecule has 116 valence electrons. The minimum absolute atomic E-state index is 0.00821. The van der Waals surface area contributed by atoms with Gasteiger partial charge in [0.25, 0.3) is 5.91 Å². The predicted octanol–water partition coefficient (Wildman–Crippen LogP) is 2.47.